The second kappa shape index (κ2) is 2.09. The molecule has 3 heteroatoms. The summed E-state index contributed by atoms with van der Waals surface area (Å²) in [5.74, 6) is 0.00870. The van der Waals surface area contributed by atoms with Gasteiger partial charge in [-0.15, -0.1) is 0 Å². The molecule has 1 aliphatic heterocycles. The lowest BCUT2D eigenvalue weighted by Gasteiger charge is -1.94. The largest absolute Gasteiger partial charge is 0.293 e. The quantitative estimate of drug-likeness (QED) is 0.475. The van der Waals surface area contributed by atoms with Gasteiger partial charge in [-0.3, -0.25) is 9.79 Å². The molecule has 1 aliphatic rings. The second-order valence-corrected chi connectivity index (χ2v) is 1.83. The van der Waals surface area contributed by atoms with Crippen LogP contribution in [0.1, 0.15) is 0 Å². The van der Waals surface area contributed by atoms with Gasteiger partial charge in [-0.2, -0.15) is 0 Å². The standard InChI is InChI=1S/C5H4ClNO/c6-5-2-1-4(8)3-7-5/h1-2H,3H2. The number of rotatable bonds is 0. The molecule has 0 saturated carbocycles. The molecule has 0 bridgehead atoms. The van der Waals surface area contributed by atoms with Crippen LogP contribution in [0.15, 0.2) is 17.1 Å². The van der Waals surface area contributed by atoms with Gasteiger partial charge in [-0.05, 0) is 12.2 Å². The first-order valence-corrected chi connectivity index (χ1v) is 2.58. The van der Waals surface area contributed by atoms with Crippen LogP contribution in [-0.4, -0.2) is 17.5 Å². The summed E-state index contributed by atoms with van der Waals surface area (Å²) < 4.78 is 0. The number of hydrogen-bond acceptors (Lipinski definition) is 2. The first-order chi connectivity index (χ1) is 3.79. The Kier molecular flexibility index (Phi) is 1.44. The first-order valence-electron chi connectivity index (χ1n) is 2.20. The smallest absolute Gasteiger partial charge is 0.177 e. The maximum Gasteiger partial charge on any atom is 0.177 e. The highest BCUT2D eigenvalue weighted by molar-refractivity contribution is 6.68. The molecule has 1 rings (SSSR count). The molecule has 0 fully saturated rings. The molecule has 0 aliphatic carbocycles. The summed E-state index contributed by atoms with van der Waals surface area (Å²) in [6.07, 6.45) is 2.92. The minimum Gasteiger partial charge on any atom is -0.293 e. The molecular formula is C5H4ClNO. The fourth-order valence-electron chi connectivity index (χ4n) is 0.421. The third-order valence-corrected chi connectivity index (χ3v) is 1.04. The van der Waals surface area contributed by atoms with Crippen molar-refractivity contribution in [2.24, 2.45) is 4.99 Å². The predicted molar refractivity (Wildman–Crippen MR) is 32.3 cm³/mol. The number of carbonyl (C=O) groups is 1. The van der Waals surface area contributed by atoms with Gasteiger partial charge < -0.3 is 0 Å². The summed E-state index contributed by atoms with van der Waals surface area (Å²) in [6.45, 7) is 0.204. The molecule has 8 heavy (non-hydrogen) atoms. The summed E-state index contributed by atoms with van der Waals surface area (Å²) in [7, 11) is 0. The Hall–Kier alpha value is -0.630. The van der Waals surface area contributed by atoms with Gasteiger partial charge in [0.1, 0.15) is 11.7 Å². The SMILES string of the molecule is O=C1C=CC(Cl)=NC1. The van der Waals surface area contributed by atoms with E-state index in [1.165, 1.54) is 12.2 Å². The van der Waals surface area contributed by atoms with Crippen molar-refractivity contribution in [1.82, 2.24) is 0 Å². The van der Waals surface area contributed by atoms with E-state index in [0.717, 1.165) is 0 Å². The topological polar surface area (TPSA) is 29.4 Å². The normalized spacial score (nSPS) is 18.6. The van der Waals surface area contributed by atoms with Crippen molar-refractivity contribution in [3.63, 3.8) is 0 Å². The summed E-state index contributed by atoms with van der Waals surface area (Å²) in [6, 6.07) is 0. The summed E-state index contributed by atoms with van der Waals surface area (Å²) in [5.41, 5.74) is 0. The van der Waals surface area contributed by atoms with Crippen LogP contribution < -0.4 is 0 Å². The lowest BCUT2D eigenvalue weighted by atomic mass is 10.3. The van der Waals surface area contributed by atoms with E-state index in [-0.39, 0.29) is 12.3 Å². The van der Waals surface area contributed by atoms with E-state index in [0.29, 0.717) is 5.17 Å². The van der Waals surface area contributed by atoms with E-state index in [9.17, 15) is 4.79 Å². The van der Waals surface area contributed by atoms with E-state index in [1.807, 2.05) is 0 Å². The number of nitrogens with zero attached hydrogens (tertiary/aromatic N) is 1. The predicted octanol–water partition coefficient (Wildman–Crippen LogP) is 0.763. The minimum atomic E-state index is 0.00870. The fraction of sp³-hybridized carbons (Fsp3) is 0.200. The van der Waals surface area contributed by atoms with Crippen LogP contribution >= 0.6 is 11.6 Å². The summed E-state index contributed by atoms with van der Waals surface area (Å²) >= 11 is 5.39. The Bertz CT molecular complexity index is 169. The zero-order valence-corrected chi connectivity index (χ0v) is 4.85. The molecule has 2 nitrogen and oxygen atoms in total. The number of carbonyl (C=O) groups excluding carboxylic acids is 1. The molecule has 0 saturated heterocycles. The molecule has 0 atom stereocenters. The lowest BCUT2D eigenvalue weighted by Crippen LogP contribution is -2.04. The number of allylic oxidation sites excluding steroid dienone is 1. The van der Waals surface area contributed by atoms with Crippen molar-refractivity contribution in [2.75, 3.05) is 6.54 Å². The van der Waals surface area contributed by atoms with Gasteiger partial charge in [0.05, 0.1) is 0 Å². The molecule has 1 heterocycles. The zero-order valence-electron chi connectivity index (χ0n) is 4.10. The van der Waals surface area contributed by atoms with Crippen LogP contribution in [0.5, 0.6) is 0 Å². The third kappa shape index (κ3) is 1.17. The number of dihydropyridines is 1. The van der Waals surface area contributed by atoms with Crippen molar-refractivity contribution < 1.29 is 4.79 Å². The highest BCUT2D eigenvalue weighted by Gasteiger charge is 1.99. The molecule has 0 unspecified atom stereocenters. The molecule has 42 valence electrons. The number of halogens is 1. The average molecular weight is 130 g/mol. The van der Waals surface area contributed by atoms with Gasteiger partial charge in [-0.25, -0.2) is 0 Å². The lowest BCUT2D eigenvalue weighted by molar-refractivity contribution is -0.113. The molecule has 0 radical (unpaired) electrons. The van der Waals surface area contributed by atoms with Gasteiger partial charge in [0, 0.05) is 0 Å². The van der Waals surface area contributed by atoms with Crippen molar-refractivity contribution in [3.05, 3.63) is 12.2 Å². The fourth-order valence-corrected chi connectivity index (χ4v) is 0.543. The highest BCUT2D eigenvalue weighted by Crippen LogP contribution is 1.95. The van der Waals surface area contributed by atoms with Crippen LogP contribution in [0.3, 0.4) is 0 Å². The molecular weight excluding hydrogens is 126 g/mol. The third-order valence-electron chi connectivity index (χ3n) is 0.793. The van der Waals surface area contributed by atoms with Crippen LogP contribution in [-0.2, 0) is 4.79 Å². The monoisotopic (exact) mass is 129 g/mol. The number of aliphatic imine (C=N–C) groups is 1. The molecule has 0 aromatic carbocycles. The van der Waals surface area contributed by atoms with E-state index < -0.39 is 0 Å². The van der Waals surface area contributed by atoms with E-state index in [2.05, 4.69) is 4.99 Å². The van der Waals surface area contributed by atoms with Gasteiger partial charge in [-0.1, -0.05) is 11.6 Å². The summed E-state index contributed by atoms with van der Waals surface area (Å²) in [4.78, 5) is 14.0. The minimum absolute atomic E-state index is 0.00870. The first kappa shape index (κ1) is 5.51. The van der Waals surface area contributed by atoms with Gasteiger partial charge in [0.2, 0.25) is 0 Å². The highest BCUT2D eigenvalue weighted by atomic mass is 35.5. The van der Waals surface area contributed by atoms with Gasteiger partial charge in [0.25, 0.3) is 0 Å². The Morgan fingerprint density at radius 3 is 2.75 bits per heavy atom. The Morgan fingerprint density at radius 1 is 1.62 bits per heavy atom. The molecule has 0 amide bonds. The molecule has 0 N–H and O–H groups in total. The average Bonchev–Trinajstić information content (AvgIpc) is 1.77. The number of hydrogen-bond donors (Lipinski definition) is 0. The molecule has 0 aromatic heterocycles. The van der Waals surface area contributed by atoms with Crippen LogP contribution in [0.25, 0.3) is 0 Å². The van der Waals surface area contributed by atoms with Crippen LogP contribution in [0.4, 0.5) is 0 Å². The van der Waals surface area contributed by atoms with Crippen LogP contribution in [0, 0.1) is 0 Å². The Balaban J connectivity index is 2.71. The maximum atomic E-state index is 10.4. The Labute approximate surface area is 51.9 Å². The van der Waals surface area contributed by atoms with Crippen molar-refractivity contribution >= 4 is 22.6 Å². The summed E-state index contributed by atoms with van der Waals surface area (Å²) in [5, 5.41) is 0.407. The van der Waals surface area contributed by atoms with Crippen molar-refractivity contribution in [2.45, 2.75) is 0 Å². The molecule has 0 aromatic rings. The Morgan fingerprint density at radius 2 is 2.38 bits per heavy atom. The second-order valence-electron chi connectivity index (χ2n) is 1.44. The van der Waals surface area contributed by atoms with Gasteiger partial charge >= 0.3 is 0 Å². The van der Waals surface area contributed by atoms with Crippen LogP contribution in [0.2, 0.25) is 0 Å². The van der Waals surface area contributed by atoms with Gasteiger partial charge in [0.15, 0.2) is 5.78 Å². The number of ketones is 1. The maximum absolute atomic E-state index is 10.4. The zero-order chi connectivity index (χ0) is 5.98. The van der Waals surface area contributed by atoms with E-state index in [4.69, 9.17) is 11.6 Å². The van der Waals surface area contributed by atoms with Crippen molar-refractivity contribution in [3.8, 4) is 0 Å². The molecule has 0 spiro atoms. The van der Waals surface area contributed by atoms with E-state index >= 15 is 0 Å². The van der Waals surface area contributed by atoms with Crippen molar-refractivity contribution in [1.29, 1.82) is 0 Å². The van der Waals surface area contributed by atoms with E-state index in [1.54, 1.807) is 0 Å².